The van der Waals surface area contributed by atoms with E-state index in [1.54, 1.807) is 16.7 Å². The molecule has 30 heavy (non-hydrogen) atoms. The van der Waals surface area contributed by atoms with Gasteiger partial charge in [-0.3, -0.25) is 14.5 Å². The summed E-state index contributed by atoms with van der Waals surface area (Å²) in [4.78, 5) is 12.4. The van der Waals surface area contributed by atoms with Crippen molar-refractivity contribution < 1.29 is 13.2 Å². The Morgan fingerprint density at radius 3 is 2.70 bits per heavy atom. The number of hydrogen-bond acceptors (Lipinski definition) is 5. The lowest BCUT2D eigenvalue weighted by atomic mass is 10.1. The van der Waals surface area contributed by atoms with Crippen LogP contribution in [-0.4, -0.2) is 42.2 Å². The Balaban J connectivity index is 1.57. The maximum absolute atomic E-state index is 12.3. The van der Waals surface area contributed by atoms with Gasteiger partial charge in [-0.15, -0.1) is 0 Å². The molecule has 0 saturated heterocycles. The molecule has 1 aromatic heterocycles. The van der Waals surface area contributed by atoms with Gasteiger partial charge in [-0.25, -0.2) is 13.1 Å². The molecule has 8 nitrogen and oxygen atoms in total. The third-order valence-electron chi connectivity index (χ3n) is 4.18. The summed E-state index contributed by atoms with van der Waals surface area (Å²) in [6, 6.07) is 13.6. The fraction of sp³-hybridized carbons (Fsp3) is 0.211. The van der Waals surface area contributed by atoms with Crippen molar-refractivity contribution in [3.8, 4) is 11.4 Å². The van der Waals surface area contributed by atoms with E-state index < -0.39 is 10.0 Å². The van der Waals surface area contributed by atoms with E-state index >= 15 is 0 Å². The molecule has 0 aliphatic rings. The number of aromatic amines is 1. The van der Waals surface area contributed by atoms with Gasteiger partial charge in [0.25, 0.3) is 0 Å². The van der Waals surface area contributed by atoms with Crippen LogP contribution in [0.3, 0.4) is 0 Å². The van der Waals surface area contributed by atoms with E-state index in [2.05, 4.69) is 20.2 Å². The van der Waals surface area contributed by atoms with E-state index in [1.165, 1.54) is 12.1 Å². The summed E-state index contributed by atoms with van der Waals surface area (Å²) in [5.74, 6) is 0.240. The fourth-order valence-electron chi connectivity index (χ4n) is 2.77. The number of rotatable bonds is 8. The number of benzene rings is 2. The molecule has 3 aromatic rings. The number of amides is 1. The minimum absolute atomic E-state index is 0.0299. The van der Waals surface area contributed by atoms with Gasteiger partial charge >= 0.3 is 0 Å². The second-order valence-electron chi connectivity index (χ2n) is 6.51. The van der Waals surface area contributed by atoms with Crippen molar-refractivity contribution in [2.75, 3.05) is 13.1 Å². The molecular weight excluding hydrogens is 446 g/mol. The predicted molar refractivity (Wildman–Crippen MR) is 117 cm³/mol. The second-order valence-corrected chi connectivity index (χ2v) is 9.10. The SMILES string of the molecule is Cc1cccc(-c2n[nH]c(=S)n2CC(=O)NCCNS(=O)(=O)c2cccc(Cl)c2)c1. The maximum atomic E-state index is 12.3. The first-order valence-corrected chi connectivity index (χ1v) is 11.3. The van der Waals surface area contributed by atoms with Gasteiger partial charge in [-0.2, -0.15) is 5.10 Å². The third kappa shape index (κ3) is 5.54. The highest BCUT2D eigenvalue weighted by Gasteiger charge is 2.15. The van der Waals surface area contributed by atoms with Gasteiger partial charge in [-0.1, -0.05) is 41.4 Å². The minimum atomic E-state index is -3.71. The molecule has 11 heteroatoms. The van der Waals surface area contributed by atoms with Crippen LogP contribution in [0.4, 0.5) is 0 Å². The number of nitrogens with one attached hydrogen (secondary N) is 3. The summed E-state index contributed by atoms with van der Waals surface area (Å²) >= 11 is 11.1. The lowest BCUT2D eigenvalue weighted by Gasteiger charge is -2.10. The highest BCUT2D eigenvalue weighted by Crippen LogP contribution is 2.18. The summed E-state index contributed by atoms with van der Waals surface area (Å²) in [7, 11) is -3.71. The summed E-state index contributed by atoms with van der Waals surface area (Å²) in [6.07, 6.45) is 0. The molecule has 0 atom stereocenters. The predicted octanol–water partition coefficient (Wildman–Crippen LogP) is 2.66. The first-order valence-electron chi connectivity index (χ1n) is 9.00. The smallest absolute Gasteiger partial charge is 0.240 e. The third-order valence-corrected chi connectivity index (χ3v) is 6.19. The number of aromatic nitrogens is 3. The van der Waals surface area contributed by atoms with E-state index in [0.29, 0.717) is 15.6 Å². The number of nitrogens with zero attached hydrogens (tertiary/aromatic N) is 2. The standard InChI is InChI=1S/C19H20ClN5O3S2/c1-13-4-2-5-14(10-13)18-23-24-19(29)25(18)12-17(26)21-8-9-22-30(27,28)16-7-3-6-15(20)11-16/h2-7,10-11,22H,8-9,12H2,1H3,(H,21,26)(H,24,29). The quantitative estimate of drug-likeness (QED) is 0.350. The van der Waals surface area contributed by atoms with Crippen LogP contribution in [0.5, 0.6) is 0 Å². The molecular formula is C19H20ClN5O3S2. The molecule has 3 rings (SSSR count). The molecule has 3 N–H and O–H groups in total. The highest BCUT2D eigenvalue weighted by molar-refractivity contribution is 7.89. The van der Waals surface area contributed by atoms with Crippen LogP contribution in [-0.2, 0) is 21.4 Å². The molecule has 0 radical (unpaired) electrons. The Morgan fingerprint density at radius 1 is 1.20 bits per heavy atom. The maximum Gasteiger partial charge on any atom is 0.240 e. The van der Waals surface area contributed by atoms with Crippen LogP contribution in [0.15, 0.2) is 53.4 Å². The fourth-order valence-corrected chi connectivity index (χ4v) is 4.30. The zero-order valence-electron chi connectivity index (χ0n) is 16.1. The Labute approximate surface area is 184 Å². The summed E-state index contributed by atoms with van der Waals surface area (Å²) in [6.45, 7) is 2.07. The molecule has 0 spiro atoms. The number of aryl methyl sites for hydroxylation is 1. The van der Waals surface area contributed by atoms with Crippen LogP contribution in [0.2, 0.25) is 5.02 Å². The monoisotopic (exact) mass is 465 g/mol. The molecule has 1 heterocycles. The number of halogens is 1. The van der Waals surface area contributed by atoms with Crippen molar-refractivity contribution in [2.45, 2.75) is 18.4 Å². The molecule has 158 valence electrons. The van der Waals surface area contributed by atoms with Crippen LogP contribution in [0.1, 0.15) is 5.56 Å². The van der Waals surface area contributed by atoms with Gasteiger partial charge in [0.05, 0.1) is 4.90 Å². The van der Waals surface area contributed by atoms with Gasteiger partial charge in [-0.05, 0) is 43.4 Å². The second kappa shape index (κ2) is 9.52. The Hall–Kier alpha value is -2.53. The summed E-state index contributed by atoms with van der Waals surface area (Å²) < 4.78 is 28.8. The zero-order valence-corrected chi connectivity index (χ0v) is 18.4. The number of carbonyl (C=O) groups excluding carboxylic acids is 1. The number of hydrogen-bond donors (Lipinski definition) is 3. The van der Waals surface area contributed by atoms with Gasteiger partial charge in [0.15, 0.2) is 10.6 Å². The van der Waals surface area contributed by atoms with Gasteiger partial charge in [0, 0.05) is 23.7 Å². The lowest BCUT2D eigenvalue weighted by molar-refractivity contribution is -0.121. The minimum Gasteiger partial charge on any atom is -0.353 e. The number of sulfonamides is 1. The van der Waals surface area contributed by atoms with Crippen molar-refractivity contribution in [3.63, 3.8) is 0 Å². The first-order chi connectivity index (χ1) is 14.3. The van der Waals surface area contributed by atoms with E-state index in [-0.39, 0.29) is 30.4 Å². The molecule has 0 fully saturated rings. The average Bonchev–Trinajstić information content (AvgIpc) is 3.06. The molecule has 1 amide bonds. The van der Waals surface area contributed by atoms with Crippen molar-refractivity contribution in [3.05, 3.63) is 63.9 Å². The Morgan fingerprint density at radius 2 is 1.97 bits per heavy atom. The molecule has 0 unspecified atom stereocenters. The topological polar surface area (TPSA) is 109 Å². The van der Waals surface area contributed by atoms with E-state index in [4.69, 9.17) is 23.8 Å². The van der Waals surface area contributed by atoms with E-state index in [0.717, 1.165) is 11.1 Å². The molecule has 0 aliphatic heterocycles. The Bertz CT molecular complexity index is 1220. The Kier molecular flexibility index (Phi) is 7.03. The normalized spacial score (nSPS) is 11.4. The number of H-pyrrole nitrogens is 1. The summed E-state index contributed by atoms with van der Waals surface area (Å²) in [5.41, 5.74) is 1.90. The summed E-state index contributed by atoms with van der Waals surface area (Å²) in [5, 5.41) is 9.92. The van der Waals surface area contributed by atoms with E-state index in [9.17, 15) is 13.2 Å². The first kappa shape index (κ1) is 22.2. The van der Waals surface area contributed by atoms with Crippen molar-refractivity contribution >= 4 is 39.7 Å². The number of carbonyl (C=O) groups is 1. The van der Waals surface area contributed by atoms with Crippen LogP contribution in [0, 0.1) is 11.7 Å². The lowest BCUT2D eigenvalue weighted by Crippen LogP contribution is -2.36. The molecule has 0 saturated carbocycles. The van der Waals surface area contributed by atoms with Crippen LogP contribution in [0.25, 0.3) is 11.4 Å². The highest BCUT2D eigenvalue weighted by atomic mass is 35.5. The van der Waals surface area contributed by atoms with Crippen molar-refractivity contribution in [1.82, 2.24) is 24.8 Å². The van der Waals surface area contributed by atoms with Crippen LogP contribution >= 0.6 is 23.8 Å². The van der Waals surface area contributed by atoms with Crippen LogP contribution < -0.4 is 10.0 Å². The zero-order chi connectivity index (χ0) is 21.7. The molecule has 0 aliphatic carbocycles. The molecule has 0 bridgehead atoms. The van der Waals surface area contributed by atoms with E-state index in [1.807, 2.05) is 31.2 Å². The van der Waals surface area contributed by atoms with Crippen molar-refractivity contribution in [2.24, 2.45) is 0 Å². The van der Waals surface area contributed by atoms with Gasteiger partial charge in [0.1, 0.15) is 6.54 Å². The molecule has 2 aromatic carbocycles. The van der Waals surface area contributed by atoms with Gasteiger partial charge in [0.2, 0.25) is 15.9 Å². The van der Waals surface area contributed by atoms with Crippen molar-refractivity contribution in [1.29, 1.82) is 0 Å². The largest absolute Gasteiger partial charge is 0.353 e. The van der Waals surface area contributed by atoms with Gasteiger partial charge < -0.3 is 5.32 Å². The average molecular weight is 466 g/mol.